The van der Waals surface area contributed by atoms with E-state index in [0.717, 1.165) is 36.8 Å². The molecule has 3 nitrogen and oxygen atoms in total. The molecular weight excluding hydrogens is 264 g/mol. The van der Waals surface area contributed by atoms with Crippen LogP contribution in [0.15, 0.2) is 42.5 Å². The predicted octanol–water partition coefficient (Wildman–Crippen LogP) is 3.95. The van der Waals surface area contributed by atoms with Crippen molar-refractivity contribution in [2.45, 2.75) is 31.8 Å². The molecule has 21 heavy (non-hydrogen) atoms. The van der Waals surface area contributed by atoms with Crippen molar-refractivity contribution in [1.82, 2.24) is 0 Å². The van der Waals surface area contributed by atoms with Gasteiger partial charge in [0.2, 0.25) is 0 Å². The molecular formula is C18H20O3. The van der Waals surface area contributed by atoms with E-state index in [2.05, 4.69) is 18.2 Å². The quantitative estimate of drug-likeness (QED) is 0.801. The van der Waals surface area contributed by atoms with Gasteiger partial charge in [-0.15, -0.1) is 0 Å². The fraction of sp³-hybridized carbons (Fsp3) is 0.389. The first-order valence-electron chi connectivity index (χ1n) is 7.50. The second kappa shape index (κ2) is 6.17. The molecule has 0 saturated heterocycles. The number of hydrogen-bond acceptors (Lipinski definition) is 3. The summed E-state index contributed by atoms with van der Waals surface area (Å²) in [5, 5.41) is 2.34. The van der Waals surface area contributed by atoms with Crippen LogP contribution in [0.1, 0.15) is 25.7 Å². The number of esters is 1. The SMILES string of the molecule is COC(=O)[C@H]1CC[C@H](Oc2cccc3ccccc23)CC1. The normalized spacial score (nSPS) is 22.0. The molecule has 2 aromatic carbocycles. The van der Waals surface area contributed by atoms with E-state index in [9.17, 15) is 4.79 Å². The predicted molar refractivity (Wildman–Crippen MR) is 82.3 cm³/mol. The summed E-state index contributed by atoms with van der Waals surface area (Å²) in [6, 6.07) is 14.4. The second-order valence-corrected chi connectivity index (χ2v) is 5.59. The Labute approximate surface area is 124 Å². The third kappa shape index (κ3) is 3.02. The van der Waals surface area contributed by atoms with E-state index in [1.807, 2.05) is 24.3 Å². The number of carbonyl (C=O) groups excluding carboxylic acids is 1. The number of ether oxygens (including phenoxy) is 2. The number of methoxy groups -OCH3 is 1. The highest BCUT2D eigenvalue weighted by atomic mass is 16.5. The van der Waals surface area contributed by atoms with E-state index in [0.29, 0.717) is 0 Å². The highest BCUT2D eigenvalue weighted by Crippen LogP contribution is 2.31. The topological polar surface area (TPSA) is 35.5 Å². The minimum Gasteiger partial charge on any atom is -0.490 e. The molecule has 0 aliphatic heterocycles. The second-order valence-electron chi connectivity index (χ2n) is 5.59. The molecule has 0 heterocycles. The first kappa shape index (κ1) is 13.9. The lowest BCUT2D eigenvalue weighted by atomic mass is 9.87. The molecule has 1 fully saturated rings. The van der Waals surface area contributed by atoms with E-state index in [-0.39, 0.29) is 18.0 Å². The van der Waals surface area contributed by atoms with Gasteiger partial charge in [0.1, 0.15) is 5.75 Å². The maximum absolute atomic E-state index is 11.5. The number of benzene rings is 2. The maximum Gasteiger partial charge on any atom is 0.308 e. The summed E-state index contributed by atoms with van der Waals surface area (Å²) in [5.74, 6) is 0.899. The van der Waals surface area contributed by atoms with Crippen LogP contribution in [-0.4, -0.2) is 19.2 Å². The van der Waals surface area contributed by atoms with Crippen LogP contribution >= 0.6 is 0 Å². The first-order valence-corrected chi connectivity index (χ1v) is 7.50. The van der Waals surface area contributed by atoms with Crippen LogP contribution in [0.3, 0.4) is 0 Å². The van der Waals surface area contributed by atoms with Crippen molar-refractivity contribution in [2.24, 2.45) is 5.92 Å². The fourth-order valence-electron chi connectivity index (χ4n) is 3.06. The van der Waals surface area contributed by atoms with Gasteiger partial charge in [0.05, 0.1) is 19.1 Å². The average molecular weight is 284 g/mol. The molecule has 1 aliphatic carbocycles. The van der Waals surface area contributed by atoms with Crippen LogP contribution in [-0.2, 0) is 9.53 Å². The van der Waals surface area contributed by atoms with Crippen molar-refractivity contribution in [3.05, 3.63) is 42.5 Å². The van der Waals surface area contributed by atoms with Gasteiger partial charge in [-0.25, -0.2) is 0 Å². The van der Waals surface area contributed by atoms with Crippen molar-refractivity contribution in [1.29, 1.82) is 0 Å². The van der Waals surface area contributed by atoms with Gasteiger partial charge in [0.25, 0.3) is 0 Å². The standard InChI is InChI=1S/C18H20O3/c1-20-18(19)14-9-11-15(12-10-14)21-17-8-4-6-13-5-2-3-7-16(13)17/h2-8,14-15H,9-12H2,1H3/t14-,15-. The Hall–Kier alpha value is -2.03. The van der Waals surface area contributed by atoms with E-state index >= 15 is 0 Å². The zero-order valence-electron chi connectivity index (χ0n) is 12.2. The van der Waals surface area contributed by atoms with Crippen LogP contribution in [0.5, 0.6) is 5.75 Å². The summed E-state index contributed by atoms with van der Waals surface area (Å²) in [5.41, 5.74) is 0. The summed E-state index contributed by atoms with van der Waals surface area (Å²) >= 11 is 0. The van der Waals surface area contributed by atoms with Crippen LogP contribution in [0, 0.1) is 5.92 Å². The maximum atomic E-state index is 11.5. The summed E-state index contributed by atoms with van der Waals surface area (Å²) in [6.45, 7) is 0. The minimum atomic E-state index is -0.0846. The molecule has 0 N–H and O–H groups in total. The highest BCUT2D eigenvalue weighted by Gasteiger charge is 2.28. The minimum absolute atomic E-state index is 0.0439. The van der Waals surface area contributed by atoms with Gasteiger partial charge in [0.15, 0.2) is 0 Å². The van der Waals surface area contributed by atoms with Gasteiger partial charge in [-0.2, -0.15) is 0 Å². The lowest BCUT2D eigenvalue weighted by molar-refractivity contribution is -0.147. The molecule has 0 aromatic heterocycles. The molecule has 2 aromatic rings. The van der Waals surface area contributed by atoms with Gasteiger partial charge >= 0.3 is 5.97 Å². The Kier molecular flexibility index (Phi) is 4.09. The van der Waals surface area contributed by atoms with Crippen molar-refractivity contribution >= 4 is 16.7 Å². The van der Waals surface area contributed by atoms with E-state index in [4.69, 9.17) is 9.47 Å². The van der Waals surface area contributed by atoms with Gasteiger partial charge < -0.3 is 9.47 Å². The van der Waals surface area contributed by atoms with Crippen molar-refractivity contribution in [3.8, 4) is 5.75 Å². The molecule has 0 atom stereocenters. The van der Waals surface area contributed by atoms with E-state index in [1.165, 1.54) is 12.5 Å². The molecule has 110 valence electrons. The van der Waals surface area contributed by atoms with E-state index in [1.54, 1.807) is 0 Å². The first-order chi connectivity index (χ1) is 10.3. The van der Waals surface area contributed by atoms with Crippen molar-refractivity contribution in [3.63, 3.8) is 0 Å². The largest absolute Gasteiger partial charge is 0.490 e. The molecule has 3 rings (SSSR count). The molecule has 1 aliphatic rings. The molecule has 0 amide bonds. The van der Waals surface area contributed by atoms with Gasteiger partial charge in [-0.3, -0.25) is 4.79 Å². The van der Waals surface area contributed by atoms with Crippen LogP contribution < -0.4 is 4.74 Å². The third-order valence-corrected chi connectivity index (χ3v) is 4.25. The lowest BCUT2D eigenvalue weighted by Gasteiger charge is -2.27. The fourth-order valence-corrected chi connectivity index (χ4v) is 3.06. The third-order valence-electron chi connectivity index (χ3n) is 4.25. The monoisotopic (exact) mass is 284 g/mol. The molecule has 0 unspecified atom stereocenters. The van der Waals surface area contributed by atoms with Crippen LogP contribution in [0.25, 0.3) is 10.8 Å². The Morgan fingerprint density at radius 2 is 1.71 bits per heavy atom. The zero-order valence-corrected chi connectivity index (χ0v) is 12.2. The number of hydrogen-bond donors (Lipinski definition) is 0. The molecule has 0 radical (unpaired) electrons. The Balaban J connectivity index is 1.69. The van der Waals surface area contributed by atoms with Crippen LogP contribution in [0.2, 0.25) is 0 Å². The Morgan fingerprint density at radius 3 is 2.48 bits per heavy atom. The van der Waals surface area contributed by atoms with Gasteiger partial charge in [0, 0.05) is 5.39 Å². The summed E-state index contributed by atoms with van der Waals surface area (Å²) in [7, 11) is 1.46. The highest BCUT2D eigenvalue weighted by molar-refractivity contribution is 5.88. The lowest BCUT2D eigenvalue weighted by Crippen LogP contribution is -2.28. The van der Waals surface area contributed by atoms with Crippen LogP contribution in [0.4, 0.5) is 0 Å². The van der Waals surface area contributed by atoms with Gasteiger partial charge in [-0.05, 0) is 37.1 Å². The summed E-state index contributed by atoms with van der Waals surface area (Å²) < 4.78 is 11.0. The Bertz CT molecular complexity index is 622. The van der Waals surface area contributed by atoms with Crippen molar-refractivity contribution < 1.29 is 14.3 Å². The van der Waals surface area contributed by atoms with Crippen molar-refractivity contribution in [2.75, 3.05) is 7.11 Å². The number of carbonyl (C=O) groups is 1. The Morgan fingerprint density at radius 1 is 1.00 bits per heavy atom. The smallest absolute Gasteiger partial charge is 0.308 e. The van der Waals surface area contributed by atoms with Gasteiger partial charge in [-0.1, -0.05) is 36.4 Å². The molecule has 3 heteroatoms. The number of fused-ring (bicyclic) bond motifs is 1. The van der Waals surface area contributed by atoms with E-state index < -0.39 is 0 Å². The summed E-state index contributed by atoms with van der Waals surface area (Å²) in [4.78, 5) is 11.5. The molecule has 0 spiro atoms. The number of rotatable bonds is 3. The average Bonchev–Trinajstić information content (AvgIpc) is 2.55. The summed E-state index contributed by atoms with van der Waals surface area (Å²) in [6.07, 6.45) is 3.70. The zero-order chi connectivity index (χ0) is 14.7. The molecule has 1 saturated carbocycles. The molecule has 0 bridgehead atoms.